The number of halogens is 1. The van der Waals surface area contributed by atoms with E-state index in [2.05, 4.69) is 23.3 Å². The Labute approximate surface area is 121 Å². The minimum Gasteiger partial charge on any atom is -0.305 e. The number of hydrogen-bond acceptors (Lipinski definition) is 2. The van der Waals surface area contributed by atoms with Crippen LogP contribution in [0.25, 0.3) is 0 Å². The van der Waals surface area contributed by atoms with Gasteiger partial charge in [0.1, 0.15) is 0 Å². The van der Waals surface area contributed by atoms with Crippen LogP contribution in [0.5, 0.6) is 0 Å². The molecule has 1 aliphatic rings. The molecule has 1 aromatic heterocycles. The van der Waals surface area contributed by atoms with Gasteiger partial charge >= 0.3 is 0 Å². The van der Waals surface area contributed by atoms with E-state index >= 15 is 0 Å². The predicted octanol–water partition coefficient (Wildman–Crippen LogP) is 4.67. The van der Waals surface area contributed by atoms with Gasteiger partial charge in [-0.1, -0.05) is 36.6 Å². The lowest BCUT2D eigenvalue weighted by atomic mass is 9.98. The van der Waals surface area contributed by atoms with Crippen molar-refractivity contribution in [2.24, 2.45) is 0 Å². The molecule has 1 aromatic rings. The first-order chi connectivity index (χ1) is 9.31. The lowest BCUT2D eigenvalue weighted by molar-refractivity contribution is 0.556. The zero-order chi connectivity index (χ0) is 13.5. The fraction of sp³-hybridized carbons (Fsp3) is 0.562. The van der Waals surface area contributed by atoms with Gasteiger partial charge in [0.15, 0.2) is 0 Å². The number of nitrogens with one attached hydrogen (secondary N) is 1. The summed E-state index contributed by atoms with van der Waals surface area (Å²) in [5.74, 6) is 0. The van der Waals surface area contributed by atoms with Gasteiger partial charge in [-0.25, -0.2) is 0 Å². The van der Waals surface area contributed by atoms with E-state index in [9.17, 15) is 0 Å². The van der Waals surface area contributed by atoms with Crippen LogP contribution in [0, 0.1) is 0 Å². The molecule has 104 valence electrons. The van der Waals surface area contributed by atoms with Gasteiger partial charge in [-0.3, -0.25) is 4.98 Å². The van der Waals surface area contributed by atoms with Crippen molar-refractivity contribution in [3.63, 3.8) is 0 Å². The Morgan fingerprint density at radius 3 is 2.95 bits per heavy atom. The molecule has 1 atom stereocenters. The summed E-state index contributed by atoms with van der Waals surface area (Å²) in [6.45, 7) is 3.22. The first-order valence-electron chi connectivity index (χ1n) is 7.35. The minimum absolute atomic E-state index is 0.260. The predicted molar refractivity (Wildman–Crippen MR) is 81.4 cm³/mol. The van der Waals surface area contributed by atoms with E-state index < -0.39 is 0 Å². The topological polar surface area (TPSA) is 24.9 Å². The quantitative estimate of drug-likeness (QED) is 0.792. The van der Waals surface area contributed by atoms with Gasteiger partial charge in [0.25, 0.3) is 0 Å². The summed E-state index contributed by atoms with van der Waals surface area (Å²) < 4.78 is 0. The molecule has 0 fully saturated rings. The van der Waals surface area contributed by atoms with Crippen LogP contribution in [0.4, 0.5) is 0 Å². The Morgan fingerprint density at radius 1 is 1.32 bits per heavy atom. The molecule has 1 N–H and O–H groups in total. The smallest absolute Gasteiger partial charge is 0.0710 e. The number of hydrogen-bond donors (Lipinski definition) is 1. The first kappa shape index (κ1) is 14.5. The summed E-state index contributed by atoms with van der Waals surface area (Å²) in [5.41, 5.74) is 2.59. The van der Waals surface area contributed by atoms with Gasteiger partial charge in [-0.2, -0.15) is 0 Å². The molecule has 1 heterocycles. The van der Waals surface area contributed by atoms with Crippen molar-refractivity contribution in [3.05, 3.63) is 40.7 Å². The van der Waals surface area contributed by atoms with E-state index in [1.807, 2.05) is 12.1 Å². The Hall–Kier alpha value is -0.860. The lowest BCUT2D eigenvalue weighted by Gasteiger charge is -2.21. The summed E-state index contributed by atoms with van der Waals surface area (Å²) in [6, 6.07) is 4.23. The number of rotatable bonds is 5. The van der Waals surface area contributed by atoms with Crippen LogP contribution in [0.15, 0.2) is 30.0 Å². The molecule has 2 rings (SSSR count). The molecule has 0 saturated carbocycles. The average molecular weight is 279 g/mol. The van der Waals surface area contributed by atoms with E-state index in [0.29, 0.717) is 5.02 Å². The van der Waals surface area contributed by atoms with Gasteiger partial charge in [0.2, 0.25) is 0 Å². The van der Waals surface area contributed by atoms with Gasteiger partial charge in [0.05, 0.1) is 16.8 Å². The van der Waals surface area contributed by atoms with Crippen molar-refractivity contribution in [1.29, 1.82) is 0 Å². The largest absolute Gasteiger partial charge is 0.305 e. The Balaban J connectivity index is 2.18. The molecule has 0 bridgehead atoms. The molecule has 2 nitrogen and oxygen atoms in total. The third-order valence-corrected chi connectivity index (χ3v) is 3.81. The van der Waals surface area contributed by atoms with E-state index in [0.717, 1.165) is 18.7 Å². The van der Waals surface area contributed by atoms with Crippen molar-refractivity contribution < 1.29 is 0 Å². The second-order valence-corrected chi connectivity index (χ2v) is 5.60. The van der Waals surface area contributed by atoms with Gasteiger partial charge in [-0.15, -0.1) is 0 Å². The van der Waals surface area contributed by atoms with Crippen LogP contribution in [0.1, 0.15) is 57.2 Å². The summed E-state index contributed by atoms with van der Waals surface area (Å²) in [4.78, 5) is 4.50. The standard InChI is InChI=1S/C16H23ClN2/c1-2-11-18-16(13-7-5-3-4-6-8-13)15-10-9-14(17)12-19-15/h7,9-10,12,16,18H,2-6,8,11H2,1H3. The van der Waals surface area contributed by atoms with Crippen LogP contribution in [-0.2, 0) is 0 Å². The Bertz CT molecular complexity index is 411. The van der Waals surface area contributed by atoms with E-state index in [1.165, 1.54) is 37.7 Å². The molecule has 0 spiro atoms. The van der Waals surface area contributed by atoms with Crippen LogP contribution in [0.3, 0.4) is 0 Å². The van der Waals surface area contributed by atoms with Crippen molar-refractivity contribution in [1.82, 2.24) is 10.3 Å². The molecule has 1 unspecified atom stereocenters. The number of aromatic nitrogens is 1. The van der Waals surface area contributed by atoms with Crippen molar-refractivity contribution in [2.45, 2.75) is 51.5 Å². The van der Waals surface area contributed by atoms with E-state index in [1.54, 1.807) is 6.20 Å². The fourth-order valence-electron chi connectivity index (χ4n) is 2.57. The molecule has 0 aromatic carbocycles. The molecule has 1 aliphatic carbocycles. The molecule has 0 saturated heterocycles. The third-order valence-electron chi connectivity index (χ3n) is 3.59. The van der Waals surface area contributed by atoms with E-state index in [-0.39, 0.29) is 6.04 Å². The maximum atomic E-state index is 5.94. The molecule has 3 heteroatoms. The maximum absolute atomic E-state index is 5.94. The maximum Gasteiger partial charge on any atom is 0.0710 e. The monoisotopic (exact) mass is 278 g/mol. The molecule has 0 aliphatic heterocycles. The first-order valence-corrected chi connectivity index (χ1v) is 7.73. The summed E-state index contributed by atoms with van der Waals surface area (Å²) in [5, 5.41) is 4.33. The van der Waals surface area contributed by atoms with Gasteiger partial charge in [-0.05, 0) is 50.8 Å². The fourth-order valence-corrected chi connectivity index (χ4v) is 2.69. The molecule has 19 heavy (non-hydrogen) atoms. The second kappa shape index (κ2) is 7.66. The molecular formula is C16H23ClN2. The highest BCUT2D eigenvalue weighted by atomic mass is 35.5. The normalized spacial score (nSPS) is 17.7. The molecule has 0 radical (unpaired) electrons. The Kier molecular flexibility index (Phi) is 5.87. The number of allylic oxidation sites excluding steroid dienone is 1. The lowest BCUT2D eigenvalue weighted by Crippen LogP contribution is -2.24. The van der Waals surface area contributed by atoms with E-state index in [4.69, 9.17) is 11.6 Å². The number of nitrogens with zero attached hydrogens (tertiary/aromatic N) is 1. The van der Waals surface area contributed by atoms with Crippen LogP contribution >= 0.6 is 11.6 Å². The van der Waals surface area contributed by atoms with Crippen LogP contribution in [0.2, 0.25) is 5.02 Å². The van der Waals surface area contributed by atoms with Gasteiger partial charge in [0, 0.05) is 6.20 Å². The van der Waals surface area contributed by atoms with Crippen molar-refractivity contribution >= 4 is 11.6 Å². The highest BCUT2D eigenvalue weighted by Crippen LogP contribution is 2.28. The average Bonchev–Trinajstić information content (AvgIpc) is 2.70. The SMILES string of the molecule is CCCNC(C1=CCCCCC1)c1ccc(Cl)cn1. The van der Waals surface area contributed by atoms with Gasteiger partial charge < -0.3 is 5.32 Å². The van der Waals surface area contributed by atoms with Crippen LogP contribution < -0.4 is 5.32 Å². The van der Waals surface area contributed by atoms with Crippen LogP contribution in [-0.4, -0.2) is 11.5 Å². The van der Waals surface area contributed by atoms with Crippen molar-refractivity contribution in [3.8, 4) is 0 Å². The summed E-state index contributed by atoms with van der Waals surface area (Å²) >= 11 is 5.94. The molecular weight excluding hydrogens is 256 g/mol. The minimum atomic E-state index is 0.260. The third kappa shape index (κ3) is 4.32. The number of pyridine rings is 1. The Morgan fingerprint density at radius 2 is 2.21 bits per heavy atom. The highest BCUT2D eigenvalue weighted by molar-refractivity contribution is 6.30. The molecule has 0 amide bonds. The summed E-state index contributed by atoms with van der Waals surface area (Å²) in [6.07, 6.45) is 11.6. The second-order valence-electron chi connectivity index (χ2n) is 5.17. The zero-order valence-electron chi connectivity index (χ0n) is 11.7. The highest BCUT2D eigenvalue weighted by Gasteiger charge is 2.18. The summed E-state index contributed by atoms with van der Waals surface area (Å²) in [7, 11) is 0. The van der Waals surface area contributed by atoms with Crippen molar-refractivity contribution in [2.75, 3.05) is 6.54 Å². The zero-order valence-corrected chi connectivity index (χ0v) is 12.4.